The van der Waals surface area contributed by atoms with Gasteiger partial charge in [0, 0.05) is 35.6 Å². The van der Waals surface area contributed by atoms with Crippen molar-refractivity contribution in [3.63, 3.8) is 0 Å². The molecular formula is C19H22N2O3. The van der Waals surface area contributed by atoms with Gasteiger partial charge < -0.3 is 15.0 Å². The van der Waals surface area contributed by atoms with E-state index in [1.54, 1.807) is 11.8 Å². The van der Waals surface area contributed by atoms with Gasteiger partial charge in [-0.25, -0.2) is 0 Å². The number of fused-ring (bicyclic) bond motifs is 1. The lowest BCUT2D eigenvalue weighted by Gasteiger charge is -2.26. The highest BCUT2D eigenvalue weighted by Gasteiger charge is 2.43. The van der Waals surface area contributed by atoms with Gasteiger partial charge in [0.05, 0.1) is 11.6 Å². The molecule has 0 saturated heterocycles. The summed E-state index contributed by atoms with van der Waals surface area (Å²) in [7, 11) is 0. The van der Waals surface area contributed by atoms with Crippen molar-refractivity contribution in [1.82, 2.24) is 9.88 Å². The summed E-state index contributed by atoms with van der Waals surface area (Å²) in [4.78, 5) is 29.8. The second kappa shape index (κ2) is 6.51. The highest BCUT2D eigenvalue weighted by molar-refractivity contribution is 6.09. The maximum absolute atomic E-state index is 12.5. The van der Waals surface area contributed by atoms with Gasteiger partial charge in [-0.05, 0) is 12.5 Å². The van der Waals surface area contributed by atoms with E-state index >= 15 is 0 Å². The van der Waals surface area contributed by atoms with Crippen LogP contribution in [0.15, 0.2) is 41.8 Å². The molecule has 1 aliphatic heterocycles. The van der Waals surface area contributed by atoms with Crippen LogP contribution in [0.1, 0.15) is 44.7 Å². The second-order valence-electron chi connectivity index (χ2n) is 6.08. The molecule has 1 aromatic heterocycles. The number of aromatic amines is 1. The number of hydrogen-bond donors (Lipinski definition) is 2. The van der Waals surface area contributed by atoms with Crippen molar-refractivity contribution in [2.45, 2.75) is 39.2 Å². The third-order valence-corrected chi connectivity index (χ3v) is 4.59. The Morgan fingerprint density at radius 1 is 1.29 bits per heavy atom. The Kier molecular flexibility index (Phi) is 4.42. The van der Waals surface area contributed by atoms with E-state index < -0.39 is 17.7 Å². The Labute approximate surface area is 141 Å². The van der Waals surface area contributed by atoms with Gasteiger partial charge in [0.15, 0.2) is 11.5 Å². The third kappa shape index (κ3) is 2.50. The van der Waals surface area contributed by atoms with Crippen LogP contribution >= 0.6 is 0 Å². The Balaban J connectivity index is 2.14. The standard InChI is InChI=1S/C19H22N2O3/c1-3-5-10-21-17(16(15(22)4-2)18(23)19(21)24)13-11-20-14-9-7-6-8-12(13)14/h6-9,11,17,20,23H,3-5,10H2,1-2H3. The van der Waals surface area contributed by atoms with Gasteiger partial charge in [0.2, 0.25) is 0 Å². The van der Waals surface area contributed by atoms with Crippen LogP contribution in [0.3, 0.4) is 0 Å². The molecule has 0 bridgehead atoms. The van der Waals surface area contributed by atoms with E-state index in [1.165, 1.54) is 0 Å². The molecule has 1 amide bonds. The van der Waals surface area contributed by atoms with Gasteiger partial charge >= 0.3 is 0 Å². The van der Waals surface area contributed by atoms with Gasteiger partial charge in [0.1, 0.15) is 0 Å². The third-order valence-electron chi connectivity index (χ3n) is 4.59. The Morgan fingerprint density at radius 2 is 2.04 bits per heavy atom. The lowest BCUT2D eigenvalue weighted by Crippen LogP contribution is -2.32. The lowest BCUT2D eigenvalue weighted by molar-refractivity contribution is -0.129. The topological polar surface area (TPSA) is 73.4 Å². The van der Waals surface area contributed by atoms with E-state index in [1.807, 2.05) is 37.4 Å². The summed E-state index contributed by atoms with van der Waals surface area (Å²) >= 11 is 0. The first kappa shape index (κ1) is 16.3. The molecule has 5 heteroatoms. The smallest absolute Gasteiger partial charge is 0.290 e. The van der Waals surface area contributed by atoms with Crippen molar-refractivity contribution in [3.8, 4) is 0 Å². The van der Waals surface area contributed by atoms with Crippen LogP contribution < -0.4 is 0 Å². The number of benzene rings is 1. The number of aliphatic hydroxyl groups excluding tert-OH is 1. The van der Waals surface area contributed by atoms with E-state index in [0.29, 0.717) is 6.54 Å². The minimum atomic E-state index is -0.521. The van der Waals surface area contributed by atoms with Gasteiger partial charge in [-0.15, -0.1) is 0 Å². The minimum absolute atomic E-state index is 0.185. The quantitative estimate of drug-likeness (QED) is 0.851. The van der Waals surface area contributed by atoms with Crippen LogP contribution in [0.25, 0.3) is 10.9 Å². The molecule has 1 aromatic carbocycles. The fraction of sp³-hybridized carbons (Fsp3) is 0.368. The van der Waals surface area contributed by atoms with Gasteiger partial charge in [-0.3, -0.25) is 9.59 Å². The maximum atomic E-state index is 12.5. The van der Waals surface area contributed by atoms with Crippen LogP contribution in [0.5, 0.6) is 0 Å². The number of aliphatic hydroxyl groups is 1. The summed E-state index contributed by atoms with van der Waals surface area (Å²) in [6.45, 7) is 4.31. The number of hydrogen-bond acceptors (Lipinski definition) is 3. The molecule has 2 aromatic rings. The summed E-state index contributed by atoms with van der Waals surface area (Å²) in [6.07, 6.45) is 3.85. The molecule has 0 saturated carbocycles. The Hall–Kier alpha value is -2.56. The fourth-order valence-electron chi connectivity index (χ4n) is 3.33. The zero-order valence-electron chi connectivity index (χ0n) is 14.0. The van der Waals surface area contributed by atoms with Crippen LogP contribution in [-0.2, 0) is 9.59 Å². The van der Waals surface area contributed by atoms with E-state index in [9.17, 15) is 14.7 Å². The van der Waals surface area contributed by atoms with E-state index in [0.717, 1.165) is 29.3 Å². The predicted molar refractivity (Wildman–Crippen MR) is 92.6 cm³/mol. The molecule has 1 aliphatic rings. The largest absolute Gasteiger partial charge is 0.503 e. The summed E-state index contributed by atoms with van der Waals surface area (Å²) in [5.74, 6) is -1.03. The molecule has 0 fully saturated rings. The summed E-state index contributed by atoms with van der Waals surface area (Å²) in [6, 6.07) is 7.26. The van der Waals surface area contributed by atoms with E-state index in [-0.39, 0.29) is 17.8 Å². The SMILES string of the molecule is CCCCN1C(=O)C(O)=C(C(=O)CC)C1c1c[nH]c2ccccc12. The molecule has 0 spiro atoms. The molecule has 2 heterocycles. The highest BCUT2D eigenvalue weighted by atomic mass is 16.3. The van der Waals surface area contributed by atoms with E-state index in [4.69, 9.17) is 0 Å². The van der Waals surface area contributed by atoms with Crippen LogP contribution in [-0.4, -0.2) is 33.2 Å². The molecule has 1 atom stereocenters. The monoisotopic (exact) mass is 326 g/mol. The number of ketones is 1. The molecule has 0 radical (unpaired) electrons. The molecular weight excluding hydrogens is 304 g/mol. The number of rotatable bonds is 6. The minimum Gasteiger partial charge on any atom is -0.503 e. The first-order chi connectivity index (χ1) is 11.6. The number of H-pyrrole nitrogens is 1. The Bertz CT molecular complexity index is 819. The number of nitrogens with zero attached hydrogens (tertiary/aromatic N) is 1. The molecule has 5 nitrogen and oxygen atoms in total. The number of carbonyl (C=O) groups excluding carboxylic acids is 2. The first-order valence-electron chi connectivity index (χ1n) is 8.43. The summed E-state index contributed by atoms with van der Waals surface area (Å²) < 4.78 is 0. The molecule has 3 rings (SSSR count). The number of carbonyl (C=O) groups is 2. The number of amides is 1. The molecule has 0 aliphatic carbocycles. The Morgan fingerprint density at radius 3 is 2.75 bits per heavy atom. The number of Topliss-reactive ketones (excluding diaryl/α,β-unsaturated/α-hetero) is 1. The van der Waals surface area contributed by atoms with Gasteiger partial charge in [-0.1, -0.05) is 38.5 Å². The maximum Gasteiger partial charge on any atom is 0.290 e. The van der Waals surface area contributed by atoms with Crippen molar-refractivity contribution < 1.29 is 14.7 Å². The average molecular weight is 326 g/mol. The first-order valence-corrected chi connectivity index (χ1v) is 8.43. The number of para-hydroxylation sites is 1. The average Bonchev–Trinajstić information content (AvgIpc) is 3.12. The van der Waals surface area contributed by atoms with Crippen LogP contribution in [0.4, 0.5) is 0 Å². The summed E-state index contributed by atoms with van der Waals surface area (Å²) in [5.41, 5.74) is 2.03. The van der Waals surface area contributed by atoms with Gasteiger partial charge in [0.25, 0.3) is 5.91 Å². The molecule has 24 heavy (non-hydrogen) atoms. The molecule has 126 valence electrons. The van der Waals surface area contributed by atoms with Crippen molar-refractivity contribution >= 4 is 22.6 Å². The van der Waals surface area contributed by atoms with Crippen molar-refractivity contribution in [2.24, 2.45) is 0 Å². The normalized spacial score (nSPS) is 18.0. The fourth-order valence-corrected chi connectivity index (χ4v) is 3.33. The highest BCUT2D eigenvalue weighted by Crippen LogP contribution is 2.40. The van der Waals surface area contributed by atoms with Crippen molar-refractivity contribution in [3.05, 3.63) is 47.4 Å². The van der Waals surface area contributed by atoms with Crippen molar-refractivity contribution in [2.75, 3.05) is 6.54 Å². The summed E-state index contributed by atoms with van der Waals surface area (Å²) in [5, 5.41) is 11.3. The molecule has 1 unspecified atom stereocenters. The van der Waals surface area contributed by atoms with Crippen LogP contribution in [0.2, 0.25) is 0 Å². The van der Waals surface area contributed by atoms with Gasteiger partial charge in [-0.2, -0.15) is 0 Å². The van der Waals surface area contributed by atoms with Crippen molar-refractivity contribution in [1.29, 1.82) is 0 Å². The number of unbranched alkanes of at least 4 members (excludes halogenated alkanes) is 1. The zero-order valence-corrected chi connectivity index (χ0v) is 14.0. The second-order valence-corrected chi connectivity index (χ2v) is 6.08. The zero-order chi connectivity index (χ0) is 17.3. The lowest BCUT2D eigenvalue weighted by atomic mass is 9.94. The van der Waals surface area contributed by atoms with E-state index in [2.05, 4.69) is 4.98 Å². The number of aromatic nitrogens is 1. The molecule has 2 N–H and O–H groups in total. The number of nitrogens with one attached hydrogen (secondary N) is 1. The van der Waals surface area contributed by atoms with Crippen LogP contribution in [0, 0.1) is 0 Å². The predicted octanol–water partition coefficient (Wildman–Crippen LogP) is 3.64.